The monoisotopic (exact) mass is 1150 g/mol. The molecule has 0 aliphatic heterocycles. The number of carbonyl (C=O) groups excluding carboxylic acids is 4. The Kier molecular flexibility index (Phi) is 47.4. The lowest BCUT2D eigenvalue weighted by molar-refractivity contribution is -0.0122. The molecule has 79 heavy (non-hydrogen) atoms. The van der Waals surface area contributed by atoms with E-state index in [1.165, 1.54) is 12.1 Å². The molecule has 2 aromatic rings. The molecule has 0 fully saturated rings. The minimum atomic E-state index is -3.41. The first-order valence-electron chi connectivity index (χ1n) is 25.0. The van der Waals surface area contributed by atoms with E-state index in [4.69, 9.17) is 82.1 Å². The molecule has 2 aromatic heterocycles. The van der Waals surface area contributed by atoms with Crippen molar-refractivity contribution in [1.29, 1.82) is 0 Å². The lowest BCUT2D eigenvalue weighted by Gasteiger charge is -2.11. The van der Waals surface area contributed by atoms with Gasteiger partial charge in [0.15, 0.2) is 16.8 Å². The number of esters is 4. The Hall–Kier alpha value is -6.09. The predicted molar refractivity (Wildman–Crippen MR) is 278 cm³/mol. The second-order valence-electron chi connectivity index (χ2n) is 14.5. The summed E-state index contributed by atoms with van der Waals surface area (Å²) < 4.78 is 104. The van der Waals surface area contributed by atoms with E-state index < -0.39 is 39.4 Å². The van der Waals surface area contributed by atoms with Gasteiger partial charge in [-0.1, -0.05) is 10.2 Å². The van der Waals surface area contributed by atoms with Crippen molar-refractivity contribution in [2.24, 2.45) is 10.2 Å². The van der Waals surface area contributed by atoms with Gasteiger partial charge in [-0.05, 0) is 38.8 Å². The van der Waals surface area contributed by atoms with Crippen LogP contribution >= 0.6 is 0 Å². The second kappa shape index (κ2) is 51.4. The second-order valence-corrected chi connectivity index (χ2v) is 16.1. The van der Waals surface area contributed by atoms with Crippen LogP contribution in [0, 0.1) is 0 Å². The highest BCUT2D eigenvalue weighted by atomic mass is 32.2. The van der Waals surface area contributed by atoms with Gasteiger partial charge in [-0.3, -0.25) is 8.98 Å². The fourth-order valence-electron chi connectivity index (χ4n) is 5.12. The standard InChI is InChI=1S/C23H36N4O10.C13H27N3O8S.C11H13NO5/c1-3-35-22(28)20-17-19(18-21(26-20)23(29)36-4-2)37-16-15-34-14-13-33-12-11-32-10-9-31-8-7-30-6-5-25-27-24;1-25(17,18)24-13-12-23-11-10-22-9-8-21-7-6-20-5-4-19-3-2-15-16-14;1-3-16-10(14)8-5-7(13)6-9(12-8)11(15)17-4-2/h17-18H,3-16H2,1-2H3;2-13H2,1H3;5-6H,3-4H2,1-2H3,(H,12,13). The van der Waals surface area contributed by atoms with Crippen LogP contribution in [0.15, 0.2) is 39.3 Å². The summed E-state index contributed by atoms with van der Waals surface area (Å²) in [5, 5.41) is 6.69. The first kappa shape index (κ1) is 72.9. The third-order valence-electron chi connectivity index (χ3n) is 8.40. The molecule has 0 aromatic carbocycles. The van der Waals surface area contributed by atoms with Crippen LogP contribution in [0.2, 0.25) is 0 Å². The minimum Gasteiger partial charge on any atom is -0.491 e. The van der Waals surface area contributed by atoms with Crippen molar-refractivity contribution in [3.05, 3.63) is 78.2 Å². The highest BCUT2D eigenvalue weighted by Crippen LogP contribution is 2.16. The molecule has 0 spiro atoms. The van der Waals surface area contributed by atoms with Gasteiger partial charge in [0.05, 0.1) is 171 Å². The van der Waals surface area contributed by atoms with Crippen LogP contribution in [-0.4, -0.2) is 233 Å². The molecule has 31 nitrogen and oxygen atoms in total. The van der Waals surface area contributed by atoms with Gasteiger partial charge in [-0.2, -0.15) is 8.42 Å². The summed E-state index contributed by atoms with van der Waals surface area (Å²) in [6.07, 6.45) is 0.989. The normalized spacial score (nSPS) is 10.6. The van der Waals surface area contributed by atoms with E-state index in [9.17, 15) is 32.4 Å². The van der Waals surface area contributed by atoms with Crippen molar-refractivity contribution in [3.8, 4) is 5.75 Å². The van der Waals surface area contributed by atoms with Gasteiger partial charge in [0.2, 0.25) is 0 Å². The molecule has 0 saturated carbocycles. The van der Waals surface area contributed by atoms with Gasteiger partial charge >= 0.3 is 23.9 Å². The zero-order chi connectivity index (χ0) is 58.5. The molecule has 0 radical (unpaired) electrons. The Morgan fingerprint density at radius 1 is 0.468 bits per heavy atom. The molecule has 0 unspecified atom stereocenters. The first-order valence-corrected chi connectivity index (χ1v) is 26.8. The molecule has 32 heteroatoms. The lowest BCUT2D eigenvalue weighted by Crippen LogP contribution is -2.17. The molecule has 0 aliphatic rings. The van der Waals surface area contributed by atoms with E-state index in [0.717, 1.165) is 18.4 Å². The zero-order valence-corrected chi connectivity index (χ0v) is 46.4. The maximum absolute atomic E-state index is 12.0. The minimum absolute atomic E-state index is 0.000783. The number of aromatic nitrogens is 2. The Morgan fingerprint density at radius 2 is 0.759 bits per heavy atom. The SMILES string of the molecule is CCOC(=O)c1cc(=O)cc(C(=O)OCC)[nH]1.CCOC(=O)c1cc(OCCOCCOCCOCCOCCOCCN=[N+]=[N-])cc(C(=O)OCC)n1.CS(=O)(=O)OCCOCCOCCOCCOCCOCCN=[N+]=[N-]. The van der Waals surface area contributed by atoms with Gasteiger partial charge < -0.3 is 76.0 Å². The van der Waals surface area contributed by atoms with E-state index in [1.54, 1.807) is 27.7 Å². The van der Waals surface area contributed by atoms with Crippen LogP contribution in [0.5, 0.6) is 5.75 Å². The first-order chi connectivity index (χ1) is 38.3. The molecule has 1 N–H and O–H groups in total. The Morgan fingerprint density at radius 3 is 1.06 bits per heavy atom. The summed E-state index contributed by atoms with van der Waals surface area (Å²) in [4.78, 5) is 69.8. The number of aromatic amines is 1. The Balaban J connectivity index is 0.00000125. The molecule has 0 aliphatic carbocycles. The maximum Gasteiger partial charge on any atom is 0.357 e. The van der Waals surface area contributed by atoms with Crippen LogP contribution in [0.3, 0.4) is 0 Å². The zero-order valence-electron chi connectivity index (χ0n) is 45.5. The van der Waals surface area contributed by atoms with E-state index in [-0.39, 0.29) is 81.4 Å². The number of nitrogens with one attached hydrogen (secondary N) is 1. The molecule has 2 rings (SSSR count). The number of azide groups is 2. The molecule has 0 saturated heterocycles. The number of hydrogen-bond acceptors (Lipinski definition) is 26. The number of hydrogen-bond donors (Lipinski definition) is 1. The van der Waals surface area contributed by atoms with Gasteiger partial charge in [-0.25, -0.2) is 24.2 Å². The van der Waals surface area contributed by atoms with Crippen molar-refractivity contribution in [2.75, 3.05) is 191 Å². The number of carbonyl (C=O) groups is 4. The van der Waals surface area contributed by atoms with Gasteiger partial charge in [0.1, 0.15) is 23.7 Å². The van der Waals surface area contributed by atoms with E-state index in [2.05, 4.69) is 34.2 Å². The molecule has 448 valence electrons. The lowest BCUT2D eigenvalue weighted by atomic mass is 10.2. The number of H-pyrrole nitrogens is 1. The van der Waals surface area contributed by atoms with E-state index in [1.807, 2.05) is 0 Å². The van der Waals surface area contributed by atoms with Crippen LogP contribution in [0.1, 0.15) is 69.6 Å². The van der Waals surface area contributed by atoms with Crippen molar-refractivity contribution in [3.63, 3.8) is 0 Å². The average Bonchev–Trinajstić information content (AvgIpc) is 3.43. The van der Waals surface area contributed by atoms with Crippen LogP contribution in [0.25, 0.3) is 20.9 Å². The Bertz CT molecular complexity index is 2140. The Labute approximate surface area is 458 Å². The predicted octanol–water partition coefficient (Wildman–Crippen LogP) is 3.29. The maximum atomic E-state index is 12.0. The van der Waals surface area contributed by atoms with E-state index >= 15 is 0 Å². The van der Waals surface area contributed by atoms with Gasteiger partial charge in [0.25, 0.3) is 10.1 Å². The molecule has 0 bridgehead atoms. The van der Waals surface area contributed by atoms with Crippen molar-refractivity contribution < 1.29 is 103 Å². The highest BCUT2D eigenvalue weighted by molar-refractivity contribution is 7.85. The molecular weight excluding hydrogens is 1080 g/mol. The van der Waals surface area contributed by atoms with E-state index in [0.29, 0.717) is 132 Å². The fourth-order valence-corrected chi connectivity index (χ4v) is 5.49. The molecule has 0 amide bonds. The van der Waals surface area contributed by atoms with Crippen LogP contribution in [0.4, 0.5) is 0 Å². The molecule has 0 atom stereocenters. The summed E-state index contributed by atoms with van der Waals surface area (Å²) in [5.41, 5.74) is 15.5. The smallest absolute Gasteiger partial charge is 0.357 e. The van der Waals surface area contributed by atoms with Gasteiger partial charge in [0, 0.05) is 47.2 Å². The quantitative estimate of drug-likeness (QED) is 0.0189. The molecular formula is C47H76N8O23S. The van der Waals surface area contributed by atoms with Crippen molar-refractivity contribution in [2.45, 2.75) is 27.7 Å². The van der Waals surface area contributed by atoms with Crippen molar-refractivity contribution >= 4 is 34.0 Å². The topological polar surface area (TPSA) is 393 Å². The number of ether oxygens (including phenoxy) is 15. The largest absolute Gasteiger partial charge is 0.491 e. The average molecular weight is 1150 g/mol. The number of rotatable bonds is 46. The third kappa shape index (κ3) is 44.5. The van der Waals surface area contributed by atoms with Crippen LogP contribution < -0.4 is 10.2 Å². The number of pyridine rings is 2. The highest BCUT2D eigenvalue weighted by Gasteiger charge is 2.18. The van der Waals surface area contributed by atoms with Crippen LogP contribution in [-0.2, 0) is 80.6 Å². The summed E-state index contributed by atoms with van der Waals surface area (Å²) in [5.74, 6) is -2.41. The number of nitrogens with zero attached hydrogens (tertiary/aromatic N) is 7. The summed E-state index contributed by atoms with van der Waals surface area (Å²) >= 11 is 0. The molecule has 2 heterocycles. The fraction of sp³-hybridized carbons (Fsp3) is 0.702. The third-order valence-corrected chi connectivity index (χ3v) is 8.99. The van der Waals surface area contributed by atoms with Gasteiger partial charge in [-0.15, -0.1) is 0 Å². The summed E-state index contributed by atoms with van der Waals surface area (Å²) in [6, 6.07) is 4.94. The summed E-state index contributed by atoms with van der Waals surface area (Å²) in [6.45, 7) is 16.2. The summed E-state index contributed by atoms with van der Waals surface area (Å²) in [7, 11) is -3.41. The van der Waals surface area contributed by atoms with Crippen molar-refractivity contribution in [1.82, 2.24) is 9.97 Å².